The predicted octanol–water partition coefficient (Wildman–Crippen LogP) is 5.94. The number of unbranched alkanes of at least 4 members (excludes halogenated alkanes) is 1. The predicted molar refractivity (Wildman–Crippen MR) is 94.3 cm³/mol. The van der Waals surface area contributed by atoms with E-state index in [1.165, 1.54) is 36.0 Å². The molecule has 0 radical (unpaired) electrons. The van der Waals surface area contributed by atoms with Crippen LogP contribution in [0.3, 0.4) is 0 Å². The highest BCUT2D eigenvalue weighted by Crippen LogP contribution is 2.21. The number of benzene rings is 2. The van der Waals surface area contributed by atoms with Crippen molar-refractivity contribution in [3.63, 3.8) is 0 Å². The van der Waals surface area contributed by atoms with Crippen molar-refractivity contribution in [3.8, 4) is 5.75 Å². The van der Waals surface area contributed by atoms with E-state index in [2.05, 4.69) is 51.1 Å². The van der Waals surface area contributed by atoms with Crippen LogP contribution < -0.4 is 4.74 Å². The molecule has 0 N–H and O–H groups in total. The molecule has 0 aliphatic carbocycles. The van der Waals surface area contributed by atoms with E-state index in [1.807, 2.05) is 18.2 Å². The summed E-state index contributed by atoms with van der Waals surface area (Å²) >= 11 is 0. The molecule has 2 rings (SSSR count). The topological polar surface area (TPSA) is 9.23 Å². The van der Waals surface area contributed by atoms with Gasteiger partial charge < -0.3 is 4.74 Å². The van der Waals surface area contributed by atoms with Crippen molar-refractivity contribution in [3.05, 3.63) is 65.2 Å². The van der Waals surface area contributed by atoms with E-state index in [0.29, 0.717) is 6.61 Å². The summed E-state index contributed by atoms with van der Waals surface area (Å²) in [4.78, 5) is 0. The first-order valence-corrected chi connectivity index (χ1v) is 8.41. The van der Waals surface area contributed by atoms with Crippen LogP contribution in [0, 0.1) is 12.8 Å². The summed E-state index contributed by atoms with van der Waals surface area (Å²) in [5.41, 5.74) is 4.01. The van der Waals surface area contributed by atoms with Crippen molar-refractivity contribution in [2.75, 3.05) is 0 Å². The van der Waals surface area contributed by atoms with Crippen LogP contribution in [0.5, 0.6) is 5.75 Å². The Hall–Kier alpha value is -1.76. The molecule has 2 aromatic carbocycles. The van der Waals surface area contributed by atoms with Gasteiger partial charge in [0.1, 0.15) is 12.4 Å². The van der Waals surface area contributed by atoms with Gasteiger partial charge in [0.05, 0.1) is 0 Å². The van der Waals surface area contributed by atoms with Crippen LogP contribution in [0.2, 0.25) is 0 Å². The molecular weight excluding hydrogens is 268 g/mol. The van der Waals surface area contributed by atoms with E-state index in [9.17, 15) is 0 Å². The molecule has 0 saturated carbocycles. The van der Waals surface area contributed by atoms with Crippen molar-refractivity contribution < 1.29 is 4.74 Å². The molecule has 0 aromatic heterocycles. The van der Waals surface area contributed by atoms with E-state index in [-0.39, 0.29) is 0 Å². The third-order valence-corrected chi connectivity index (χ3v) is 4.05. The number of hydrogen-bond acceptors (Lipinski definition) is 1. The normalized spacial score (nSPS) is 10.9. The lowest BCUT2D eigenvalue weighted by Crippen LogP contribution is -1.97. The maximum absolute atomic E-state index is 5.93. The molecular formula is C21H28O. The Morgan fingerprint density at radius 3 is 2.45 bits per heavy atom. The maximum Gasteiger partial charge on any atom is 0.120 e. The highest BCUT2D eigenvalue weighted by molar-refractivity contribution is 5.35. The standard InChI is InChI=1S/C21H28O/c1-17(2)9-7-8-12-20-15-21(14-13-18(20)3)22-16-19-10-5-4-6-11-19/h4-6,10-11,13-15,17H,7-9,12,16H2,1-3H3. The number of aryl methyl sites for hydroxylation is 2. The second kappa shape index (κ2) is 8.63. The fraction of sp³-hybridized carbons (Fsp3) is 0.429. The SMILES string of the molecule is Cc1ccc(OCc2ccccc2)cc1CCCCC(C)C. The Balaban J connectivity index is 1.89. The van der Waals surface area contributed by atoms with Crippen LogP contribution >= 0.6 is 0 Å². The van der Waals surface area contributed by atoms with E-state index in [0.717, 1.165) is 18.1 Å². The van der Waals surface area contributed by atoms with Crippen molar-refractivity contribution >= 4 is 0 Å². The lowest BCUT2D eigenvalue weighted by atomic mass is 9.99. The molecule has 0 aliphatic heterocycles. The number of ether oxygens (including phenoxy) is 1. The van der Waals surface area contributed by atoms with Gasteiger partial charge in [-0.05, 0) is 54.5 Å². The van der Waals surface area contributed by atoms with Crippen molar-refractivity contribution in [1.29, 1.82) is 0 Å². The summed E-state index contributed by atoms with van der Waals surface area (Å²) in [6, 6.07) is 16.8. The first-order valence-electron chi connectivity index (χ1n) is 8.41. The van der Waals surface area contributed by atoms with Crippen LogP contribution in [0.1, 0.15) is 49.8 Å². The molecule has 0 saturated heterocycles. The van der Waals surface area contributed by atoms with E-state index in [4.69, 9.17) is 4.74 Å². The number of hydrogen-bond donors (Lipinski definition) is 0. The van der Waals surface area contributed by atoms with E-state index >= 15 is 0 Å². The summed E-state index contributed by atoms with van der Waals surface area (Å²) in [5, 5.41) is 0. The van der Waals surface area contributed by atoms with E-state index in [1.54, 1.807) is 0 Å². The smallest absolute Gasteiger partial charge is 0.120 e. The minimum atomic E-state index is 0.636. The summed E-state index contributed by atoms with van der Waals surface area (Å²) in [6.07, 6.45) is 5.05. The monoisotopic (exact) mass is 296 g/mol. The zero-order chi connectivity index (χ0) is 15.8. The summed E-state index contributed by atoms with van der Waals surface area (Å²) in [5.74, 6) is 1.79. The molecule has 118 valence electrons. The van der Waals surface area contributed by atoms with Crippen LogP contribution in [0.15, 0.2) is 48.5 Å². The molecule has 1 nitrogen and oxygen atoms in total. The average molecular weight is 296 g/mol. The van der Waals surface area contributed by atoms with Gasteiger partial charge in [0.25, 0.3) is 0 Å². The molecule has 0 unspecified atom stereocenters. The molecule has 22 heavy (non-hydrogen) atoms. The first kappa shape index (κ1) is 16.6. The summed E-state index contributed by atoms with van der Waals surface area (Å²) < 4.78 is 5.93. The Labute approximate surface area is 135 Å². The van der Waals surface area contributed by atoms with Gasteiger partial charge >= 0.3 is 0 Å². The molecule has 0 aliphatic rings. The molecule has 0 bridgehead atoms. The highest BCUT2D eigenvalue weighted by atomic mass is 16.5. The zero-order valence-electron chi connectivity index (χ0n) is 14.1. The Bertz CT molecular complexity index is 557. The van der Waals surface area contributed by atoms with Crippen molar-refractivity contribution in [2.45, 2.75) is 53.1 Å². The van der Waals surface area contributed by atoms with Crippen LogP contribution in [-0.2, 0) is 13.0 Å². The molecule has 0 amide bonds. The Kier molecular flexibility index (Phi) is 6.51. The lowest BCUT2D eigenvalue weighted by Gasteiger charge is -2.11. The molecule has 0 fully saturated rings. The molecule has 1 heteroatoms. The van der Waals surface area contributed by atoms with Crippen molar-refractivity contribution in [1.82, 2.24) is 0 Å². The Morgan fingerprint density at radius 2 is 1.73 bits per heavy atom. The minimum Gasteiger partial charge on any atom is -0.489 e. The Morgan fingerprint density at radius 1 is 0.955 bits per heavy atom. The van der Waals surface area contributed by atoms with Crippen LogP contribution in [0.25, 0.3) is 0 Å². The van der Waals surface area contributed by atoms with E-state index < -0.39 is 0 Å². The van der Waals surface area contributed by atoms with Gasteiger partial charge in [0, 0.05) is 0 Å². The highest BCUT2D eigenvalue weighted by Gasteiger charge is 2.03. The van der Waals surface area contributed by atoms with Crippen LogP contribution in [-0.4, -0.2) is 0 Å². The second-order valence-corrected chi connectivity index (χ2v) is 6.50. The van der Waals surface area contributed by atoms with Gasteiger partial charge in [-0.3, -0.25) is 0 Å². The van der Waals surface area contributed by atoms with Gasteiger partial charge in [-0.1, -0.05) is 63.1 Å². The van der Waals surface area contributed by atoms with Gasteiger partial charge in [-0.2, -0.15) is 0 Å². The quantitative estimate of drug-likeness (QED) is 0.547. The fourth-order valence-corrected chi connectivity index (χ4v) is 2.62. The van der Waals surface area contributed by atoms with Gasteiger partial charge in [-0.15, -0.1) is 0 Å². The number of rotatable bonds is 8. The average Bonchev–Trinajstić information content (AvgIpc) is 2.52. The minimum absolute atomic E-state index is 0.636. The third-order valence-electron chi connectivity index (χ3n) is 4.05. The van der Waals surface area contributed by atoms with Crippen molar-refractivity contribution in [2.24, 2.45) is 5.92 Å². The summed E-state index contributed by atoms with van der Waals surface area (Å²) in [6.45, 7) is 7.42. The molecule has 0 spiro atoms. The zero-order valence-corrected chi connectivity index (χ0v) is 14.1. The fourth-order valence-electron chi connectivity index (χ4n) is 2.62. The maximum atomic E-state index is 5.93. The summed E-state index contributed by atoms with van der Waals surface area (Å²) in [7, 11) is 0. The second-order valence-electron chi connectivity index (χ2n) is 6.50. The third kappa shape index (κ3) is 5.55. The molecule has 0 atom stereocenters. The van der Waals surface area contributed by atoms with Gasteiger partial charge in [0.15, 0.2) is 0 Å². The van der Waals surface area contributed by atoms with Gasteiger partial charge in [-0.25, -0.2) is 0 Å². The lowest BCUT2D eigenvalue weighted by molar-refractivity contribution is 0.306. The molecule has 0 heterocycles. The largest absolute Gasteiger partial charge is 0.489 e. The first-order chi connectivity index (χ1) is 10.6. The van der Waals surface area contributed by atoms with Gasteiger partial charge in [0.2, 0.25) is 0 Å². The molecule has 2 aromatic rings. The van der Waals surface area contributed by atoms with Crippen LogP contribution in [0.4, 0.5) is 0 Å².